The molecule has 0 saturated carbocycles. The fraction of sp³-hybridized carbons (Fsp3) is 1.00. The lowest BCUT2D eigenvalue weighted by Gasteiger charge is -2.21. The van der Waals surface area contributed by atoms with E-state index in [1.807, 2.05) is 0 Å². The average molecular weight is 515 g/mol. The molecular formula is C23H48O8P2. The van der Waals surface area contributed by atoms with Crippen molar-refractivity contribution in [3.05, 3.63) is 0 Å². The summed E-state index contributed by atoms with van der Waals surface area (Å²) in [7, 11) is -8.73. The molecule has 1 rings (SSSR count). The van der Waals surface area contributed by atoms with Gasteiger partial charge in [0.2, 0.25) is 0 Å². The monoisotopic (exact) mass is 514 g/mol. The van der Waals surface area contributed by atoms with E-state index in [4.69, 9.17) is 9.42 Å². The molecule has 2 unspecified atom stereocenters. The van der Waals surface area contributed by atoms with Crippen molar-refractivity contribution >= 4 is 15.6 Å². The highest BCUT2D eigenvalue weighted by atomic mass is 31.3. The van der Waals surface area contributed by atoms with Crippen LogP contribution in [0.2, 0.25) is 0 Å². The molecule has 10 heteroatoms. The van der Waals surface area contributed by atoms with E-state index in [-0.39, 0.29) is 6.61 Å². The molecular weight excluding hydrogens is 466 g/mol. The maximum absolute atomic E-state index is 11.9. The van der Waals surface area contributed by atoms with E-state index in [9.17, 15) is 9.13 Å². The zero-order valence-corrected chi connectivity index (χ0v) is 22.7. The third-order valence-corrected chi connectivity index (χ3v) is 8.49. The second-order valence-corrected chi connectivity index (χ2v) is 12.6. The third kappa shape index (κ3) is 19.1. The smallest absolute Gasteiger partial charge is 0.301 e. The molecule has 0 aromatic heterocycles. The van der Waals surface area contributed by atoms with Crippen molar-refractivity contribution in [2.45, 2.75) is 136 Å². The van der Waals surface area contributed by atoms with Gasteiger partial charge >= 0.3 is 15.6 Å². The summed E-state index contributed by atoms with van der Waals surface area (Å²) in [5.41, 5.74) is 0. The first-order chi connectivity index (χ1) is 15.8. The molecule has 1 heterocycles. The van der Waals surface area contributed by atoms with Gasteiger partial charge in [-0.1, -0.05) is 139 Å². The molecule has 1 saturated heterocycles. The lowest BCUT2D eigenvalue weighted by atomic mass is 10.0. The molecule has 0 aromatic rings. The Bertz CT molecular complexity index is 559. The van der Waals surface area contributed by atoms with Gasteiger partial charge in [0, 0.05) is 0 Å². The molecule has 198 valence electrons. The number of hydrogen-bond acceptors (Lipinski definition) is 7. The van der Waals surface area contributed by atoms with Crippen molar-refractivity contribution in [2.75, 3.05) is 6.61 Å². The molecule has 33 heavy (non-hydrogen) atoms. The summed E-state index contributed by atoms with van der Waals surface area (Å²) in [4.78, 5) is 9.04. The van der Waals surface area contributed by atoms with Crippen molar-refractivity contribution in [3.63, 3.8) is 0 Å². The SMILES string of the molecule is CC(C)CCCCCCCCCCCCCCCCCCCCOP1(=O)OOOP(=O)(O)O1. The Morgan fingerprint density at radius 3 is 1.42 bits per heavy atom. The van der Waals surface area contributed by atoms with E-state index >= 15 is 0 Å². The van der Waals surface area contributed by atoms with Crippen molar-refractivity contribution in [1.29, 1.82) is 0 Å². The molecule has 1 N–H and O–H groups in total. The average Bonchev–Trinajstić information content (AvgIpc) is 2.73. The van der Waals surface area contributed by atoms with Crippen LogP contribution in [0.5, 0.6) is 0 Å². The predicted molar refractivity (Wildman–Crippen MR) is 130 cm³/mol. The van der Waals surface area contributed by atoms with E-state index in [0.717, 1.165) is 18.8 Å². The zero-order chi connectivity index (χ0) is 24.3. The minimum Gasteiger partial charge on any atom is -0.301 e. The predicted octanol–water partition coefficient (Wildman–Crippen LogP) is 9.19. The second-order valence-electron chi connectivity index (χ2n) is 9.59. The summed E-state index contributed by atoms with van der Waals surface area (Å²) in [6, 6.07) is 0. The van der Waals surface area contributed by atoms with E-state index in [0.29, 0.717) is 6.42 Å². The van der Waals surface area contributed by atoms with E-state index in [1.54, 1.807) is 0 Å². The van der Waals surface area contributed by atoms with Gasteiger partial charge in [-0.2, -0.15) is 4.31 Å². The molecule has 0 aromatic carbocycles. The molecule has 0 radical (unpaired) electrons. The van der Waals surface area contributed by atoms with Crippen LogP contribution in [-0.2, 0) is 32.4 Å². The number of unbranched alkanes of at least 4 members (excludes halogenated alkanes) is 17. The van der Waals surface area contributed by atoms with E-state index in [1.165, 1.54) is 103 Å². The van der Waals surface area contributed by atoms with Crippen LogP contribution < -0.4 is 0 Å². The van der Waals surface area contributed by atoms with Gasteiger partial charge in [0.05, 0.1) is 6.61 Å². The van der Waals surface area contributed by atoms with Crippen molar-refractivity contribution in [1.82, 2.24) is 0 Å². The van der Waals surface area contributed by atoms with Crippen LogP contribution in [0.25, 0.3) is 0 Å². The molecule has 0 bridgehead atoms. The highest BCUT2D eigenvalue weighted by Crippen LogP contribution is 2.67. The largest absolute Gasteiger partial charge is 0.513 e. The van der Waals surface area contributed by atoms with Gasteiger partial charge in [-0.3, -0.25) is 4.52 Å². The van der Waals surface area contributed by atoms with E-state index < -0.39 is 15.6 Å². The van der Waals surface area contributed by atoms with Crippen molar-refractivity contribution < 1.29 is 37.2 Å². The molecule has 8 nitrogen and oxygen atoms in total. The summed E-state index contributed by atoms with van der Waals surface area (Å²) in [6.07, 6.45) is 24.5. The Hall–Kier alpha value is 0.220. The molecule has 0 spiro atoms. The maximum atomic E-state index is 11.9. The number of rotatable bonds is 22. The highest BCUT2D eigenvalue weighted by Gasteiger charge is 2.45. The Labute approximate surface area is 201 Å². The minimum atomic E-state index is -4.54. The van der Waals surface area contributed by atoms with Crippen molar-refractivity contribution in [3.8, 4) is 0 Å². The van der Waals surface area contributed by atoms with Gasteiger partial charge in [0.1, 0.15) is 0 Å². The number of phosphoric acid groups is 2. The molecule has 1 fully saturated rings. The normalized spacial score (nSPS) is 23.4. The highest BCUT2D eigenvalue weighted by molar-refractivity contribution is 7.61. The molecule has 1 aliphatic heterocycles. The topological polar surface area (TPSA) is 101 Å². The fourth-order valence-corrected chi connectivity index (χ4v) is 6.02. The van der Waals surface area contributed by atoms with Crippen LogP contribution in [0.15, 0.2) is 0 Å². The van der Waals surface area contributed by atoms with E-state index in [2.05, 4.69) is 32.5 Å². The van der Waals surface area contributed by atoms with Crippen LogP contribution in [-0.4, -0.2) is 11.5 Å². The first-order valence-corrected chi connectivity index (χ1v) is 16.1. The van der Waals surface area contributed by atoms with Crippen LogP contribution in [0.3, 0.4) is 0 Å². The first-order valence-electron chi connectivity index (χ1n) is 13.2. The van der Waals surface area contributed by atoms with Crippen molar-refractivity contribution in [2.24, 2.45) is 5.92 Å². The lowest BCUT2D eigenvalue weighted by molar-refractivity contribution is -0.437. The first kappa shape index (κ1) is 31.3. The van der Waals surface area contributed by atoms with Crippen LogP contribution in [0.1, 0.15) is 136 Å². The standard InChI is InChI=1S/C23H48O8P2/c1-23(2)21-19-17-15-13-11-9-7-5-3-4-6-8-10-12-14-16-18-20-22-27-33(26)30-28-29-32(24,25)31-33/h23H,3-22H2,1-2H3,(H,24,25). The minimum absolute atomic E-state index is 0.0962. The summed E-state index contributed by atoms with van der Waals surface area (Å²) in [5, 5.41) is 3.87. The van der Waals surface area contributed by atoms with Gasteiger partial charge in [0.25, 0.3) is 0 Å². The summed E-state index contributed by atoms with van der Waals surface area (Å²) < 4.78 is 40.2. The quantitative estimate of drug-likeness (QED) is 0.0867. The summed E-state index contributed by atoms with van der Waals surface area (Å²) >= 11 is 0. The third-order valence-electron chi connectivity index (χ3n) is 5.87. The maximum Gasteiger partial charge on any atom is 0.513 e. The molecule has 1 aliphatic rings. The number of hydrogen-bond donors (Lipinski definition) is 1. The van der Waals surface area contributed by atoms with Gasteiger partial charge in [-0.15, -0.1) is 0 Å². The molecule has 2 atom stereocenters. The lowest BCUT2D eigenvalue weighted by Crippen LogP contribution is -2.08. The van der Waals surface area contributed by atoms with Crippen LogP contribution >= 0.6 is 15.6 Å². The van der Waals surface area contributed by atoms with Gasteiger partial charge in [-0.05, 0) is 17.4 Å². The van der Waals surface area contributed by atoms with Gasteiger partial charge in [-0.25, -0.2) is 9.13 Å². The summed E-state index contributed by atoms with van der Waals surface area (Å²) in [6.45, 7) is 4.72. The molecule has 0 amide bonds. The Morgan fingerprint density at radius 2 is 1.03 bits per heavy atom. The van der Waals surface area contributed by atoms with Gasteiger partial charge < -0.3 is 4.89 Å². The summed E-state index contributed by atoms with van der Waals surface area (Å²) in [5.74, 6) is 0.858. The Balaban J connectivity index is 1.74. The Morgan fingerprint density at radius 1 is 0.636 bits per heavy atom. The fourth-order valence-electron chi connectivity index (χ4n) is 3.95. The van der Waals surface area contributed by atoms with Gasteiger partial charge in [0.15, 0.2) is 0 Å². The zero-order valence-electron chi connectivity index (χ0n) is 20.9. The second kappa shape index (κ2) is 19.4. The Kier molecular flexibility index (Phi) is 18.4. The van der Waals surface area contributed by atoms with Crippen LogP contribution in [0.4, 0.5) is 0 Å². The molecule has 0 aliphatic carbocycles. The van der Waals surface area contributed by atoms with Crippen LogP contribution in [0, 0.1) is 5.92 Å².